The molecule has 3 N–H and O–H groups in total. The van der Waals surface area contributed by atoms with Crippen molar-refractivity contribution in [3.05, 3.63) is 0 Å². The lowest BCUT2D eigenvalue weighted by Crippen LogP contribution is -2.74. The zero-order chi connectivity index (χ0) is 27.7. The van der Waals surface area contributed by atoms with E-state index in [1.807, 2.05) is 6.92 Å². The van der Waals surface area contributed by atoms with Gasteiger partial charge in [-0.05, 0) is 97.7 Å². The highest BCUT2D eigenvalue weighted by atomic mass is 16.5. The van der Waals surface area contributed by atoms with E-state index in [1.54, 1.807) is 0 Å². The zero-order valence-corrected chi connectivity index (χ0v) is 24.4. The highest BCUT2D eigenvalue weighted by Crippen LogP contribution is 2.81. The van der Waals surface area contributed by atoms with E-state index in [1.165, 1.54) is 0 Å². The number of fused-ring (bicyclic) bond motifs is 4. The van der Waals surface area contributed by atoms with Gasteiger partial charge in [-0.2, -0.15) is 0 Å². The molecule has 0 aromatic rings. The monoisotopic (exact) mass is 530 g/mol. The second-order valence-electron chi connectivity index (χ2n) is 16.4. The van der Waals surface area contributed by atoms with Gasteiger partial charge in [0.1, 0.15) is 6.29 Å². The maximum absolute atomic E-state index is 12.4. The standard InChI is InChI=1S/C32H50O6/c1-26(2)20-7-11-29(5)21(28(20,4)10-9-23(26)34)8-12-32-22-15-27(3,17-33)14-19(13-25(36)37)31(22,18-38-32)24(35)16-30(29,32)6/h17,19-24,34-35H,7-16,18H2,1-6H3,(H,36,37). The summed E-state index contributed by atoms with van der Waals surface area (Å²) in [6.07, 6.45) is 7.88. The Labute approximate surface area is 228 Å². The Morgan fingerprint density at radius 3 is 2.21 bits per heavy atom. The molecule has 12 atom stereocenters. The summed E-state index contributed by atoms with van der Waals surface area (Å²) < 4.78 is 7.06. The van der Waals surface area contributed by atoms with E-state index in [0.29, 0.717) is 37.7 Å². The van der Waals surface area contributed by atoms with Crippen LogP contribution in [0.1, 0.15) is 106 Å². The molecule has 5 aliphatic carbocycles. The number of carbonyl (C=O) groups excluding carboxylic acids is 1. The second kappa shape index (κ2) is 7.85. The van der Waals surface area contributed by atoms with Crippen molar-refractivity contribution >= 4 is 12.3 Å². The average Bonchev–Trinajstić information content (AvgIpc) is 3.10. The van der Waals surface area contributed by atoms with Gasteiger partial charge in [0.25, 0.3) is 0 Å². The third kappa shape index (κ3) is 2.91. The van der Waals surface area contributed by atoms with Crippen LogP contribution in [0.25, 0.3) is 0 Å². The molecule has 6 rings (SSSR count). The Morgan fingerprint density at radius 2 is 1.55 bits per heavy atom. The average molecular weight is 531 g/mol. The Morgan fingerprint density at radius 1 is 0.868 bits per heavy atom. The maximum atomic E-state index is 12.4. The van der Waals surface area contributed by atoms with Gasteiger partial charge in [0, 0.05) is 22.7 Å². The van der Waals surface area contributed by atoms with Gasteiger partial charge >= 0.3 is 5.97 Å². The summed E-state index contributed by atoms with van der Waals surface area (Å²) in [5.74, 6) is -0.225. The minimum Gasteiger partial charge on any atom is -0.481 e. The Balaban J connectivity index is 1.46. The van der Waals surface area contributed by atoms with Crippen molar-refractivity contribution < 1.29 is 29.6 Å². The van der Waals surface area contributed by atoms with Gasteiger partial charge in [0.15, 0.2) is 0 Å². The topological polar surface area (TPSA) is 104 Å². The van der Waals surface area contributed by atoms with Crippen molar-refractivity contribution in [3.63, 3.8) is 0 Å². The Bertz CT molecular complexity index is 1040. The normalized spacial score (nSPS) is 58.6. The lowest BCUT2D eigenvalue weighted by Gasteiger charge is -2.75. The van der Waals surface area contributed by atoms with Gasteiger partial charge in [-0.15, -0.1) is 0 Å². The van der Waals surface area contributed by atoms with Crippen molar-refractivity contribution in [3.8, 4) is 0 Å². The van der Waals surface area contributed by atoms with Gasteiger partial charge in [-0.3, -0.25) is 4.79 Å². The molecule has 1 spiro atoms. The van der Waals surface area contributed by atoms with E-state index in [4.69, 9.17) is 4.74 Å². The van der Waals surface area contributed by atoms with Crippen LogP contribution in [-0.4, -0.2) is 52.0 Å². The zero-order valence-electron chi connectivity index (χ0n) is 24.4. The summed E-state index contributed by atoms with van der Waals surface area (Å²) in [6, 6.07) is 0. The first kappa shape index (κ1) is 27.2. The summed E-state index contributed by atoms with van der Waals surface area (Å²) in [4.78, 5) is 24.5. The van der Waals surface area contributed by atoms with Crippen LogP contribution in [0, 0.1) is 56.2 Å². The number of carboxylic acid groups (broad SMARTS) is 1. The summed E-state index contributed by atoms with van der Waals surface area (Å²) in [7, 11) is 0. The van der Waals surface area contributed by atoms with Gasteiger partial charge in [0.05, 0.1) is 24.4 Å². The number of aliphatic hydroxyl groups excluding tert-OH is 2. The molecule has 214 valence electrons. The molecule has 0 radical (unpaired) electrons. The molecule has 6 nitrogen and oxygen atoms in total. The van der Waals surface area contributed by atoms with Gasteiger partial charge < -0.3 is 24.9 Å². The first-order valence-corrected chi connectivity index (χ1v) is 15.2. The highest BCUT2D eigenvalue weighted by molar-refractivity contribution is 5.68. The fourth-order valence-corrected chi connectivity index (χ4v) is 12.9. The molecular weight excluding hydrogens is 480 g/mol. The molecule has 0 aromatic carbocycles. The molecule has 1 heterocycles. The number of aldehydes is 1. The quantitative estimate of drug-likeness (QED) is 0.432. The number of ether oxygens (including phenoxy) is 1. The van der Waals surface area contributed by atoms with E-state index < -0.39 is 28.5 Å². The van der Waals surface area contributed by atoms with E-state index in [0.717, 1.165) is 44.8 Å². The molecule has 6 aliphatic rings. The fourth-order valence-electron chi connectivity index (χ4n) is 12.9. The number of hydrogen-bond acceptors (Lipinski definition) is 5. The molecule has 0 aromatic heterocycles. The lowest BCUT2D eigenvalue weighted by atomic mass is 9.30. The Hall–Kier alpha value is -0.980. The van der Waals surface area contributed by atoms with Crippen LogP contribution >= 0.6 is 0 Å². The van der Waals surface area contributed by atoms with Crippen LogP contribution in [0.4, 0.5) is 0 Å². The van der Waals surface area contributed by atoms with Crippen molar-refractivity contribution in [2.24, 2.45) is 56.2 Å². The van der Waals surface area contributed by atoms with Crippen LogP contribution in [0.15, 0.2) is 0 Å². The Kier molecular flexibility index (Phi) is 5.62. The number of aliphatic hydroxyl groups is 2. The lowest BCUT2D eigenvalue weighted by molar-refractivity contribution is -0.301. The third-order valence-electron chi connectivity index (χ3n) is 14.9. The van der Waals surface area contributed by atoms with Crippen LogP contribution in [0.2, 0.25) is 0 Å². The van der Waals surface area contributed by atoms with Gasteiger partial charge in [-0.1, -0.05) is 41.5 Å². The van der Waals surface area contributed by atoms with Crippen molar-refractivity contribution in [1.82, 2.24) is 0 Å². The number of carboxylic acids is 1. The summed E-state index contributed by atoms with van der Waals surface area (Å²) >= 11 is 0. The smallest absolute Gasteiger partial charge is 0.303 e. The van der Waals surface area contributed by atoms with Crippen molar-refractivity contribution in [1.29, 1.82) is 0 Å². The van der Waals surface area contributed by atoms with E-state index in [2.05, 4.69) is 34.6 Å². The van der Waals surface area contributed by atoms with E-state index in [-0.39, 0.29) is 46.0 Å². The highest BCUT2D eigenvalue weighted by Gasteiger charge is 2.81. The van der Waals surface area contributed by atoms with Crippen LogP contribution in [0.5, 0.6) is 0 Å². The third-order valence-corrected chi connectivity index (χ3v) is 14.9. The largest absolute Gasteiger partial charge is 0.481 e. The molecule has 1 aliphatic heterocycles. The molecule has 6 fully saturated rings. The molecular formula is C32H50O6. The molecule has 0 amide bonds. The maximum Gasteiger partial charge on any atom is 0.303 e. The first-order chi connectivity index (χ1) is 17.6. The molecule has 2 bridgehead atoms. The number of aliphatic carboxylic acids is 1. The molecule has 38 heavy (non-hydrogen) atoms. The van der Waals surface area contributed by atoms with Crippen molar-refractivity contribution in [2.45, 2.75) is 124 Å². The van der Waals surface area contributed by atoms with Gasteiger partial charge in [0.2, 0.25) is 0 Å². The van der Waals surface area contributed by atoms with Crippen LogP contribution < -0.4 is 0 Å². The number of carbonyl (C=O) groups is 2. The SMILES string of the molecule is CC1(C=O)CC(CC(=O)O)C23COC4(CCC5C6(C)CCC(O)C(C)(C)C6CCC5(C)C4(C)CC2O)C3C1. The number of rotatable bonds is 3. The van der Waals surface area contributed by atoms with Gasteiger partial charge in [-0.25, -0.2) is 0 Å². The van der Waals surface area contributed by atoms with Crippen LogP contribution in [-0.2, 0) is 14.3 Å². The minimum atomic E-state index is -0.858. The van der Waals surface area contributed by atoms with E-state index in [9.17, 15) is 24.9 Å². The predicted octanol–water partition coefficient (Wildman–Crippen LogP) is 5.23. The molecule has 1 saturated heterocycles. The summed E-state index contributed by atoms with van der Waals surface area (Å²) in [6.45, 7) is 14.3. The number of hydrogen-bond donors (Lipinski definition) is 3. The first-order valence-electron chi connectivity index (χ1n) is 15.2. The van der Waals surface area contributed by atoms with E-state index >= 15 is 0 Å². The molecule has 6 heteroatoms. The van der Waals surface area contributed by atoms with Crippen molar-refractivity contribution in [2.75, 3.05) is 6.61 Å². The fraction of sp³-hybridized carbons (Fsp3) is 0.938. The summed E-state index contributed by atoms with van der Waals surface area (Å²) in [5, 5.41) is 33.0. The second-order valence-corrected chi connectivity index (χ2v) is 16.4. The minimum absolute atomic E-state index is 0.0232. The summed E-state index contributed by atoms with van der Waals surface area (Å²) in [5.41, 5.74) is -1.98. The van der Waals surface area contributed by atoms with Crippen LogP contribution in [0.3, 0.4) is 0 Å². The predicted molar refractivity (Wildman–Crippen MR) is 143 cm³/mol. The molecule has 5 saturated carbocycles. The molecule has 12 unspecified atom stereocenters.